The Morgan fingerprint density at radius 1 is 1.44 bits per heavy atom. The van der Waals surface area contributed by atoms with Crippen molar-refractivity contribution in [3.8, 4) is 5.75 Å². The van der Waals surface area contributed by atoms with Gasteiger partial charge in [0, 0.05) is 0 Å². The summed E-state index contributed by atoms with van der Waals surface area (Å²) in [5.41, 5.74) is 6.04. The van der Waals surface area contributed by atoms with E-state index in [1.807, 2.05) is 24.3 Å². The van der Waals surface area contributed by atoms with Crippen molar-refractivity contribution < 1.29 is 14.6 Å². The average Bonchev–Trinajstić information content (AvgIpc) is 2.19. The van der Waals surface area contributed by atoms with Crippen molar-refractivity contribution in [3.63, 3.8) is 0 Å². The molecule has 0 spiro atoms. The molecule has 1 rings (SSSR count). The molecule has 0 saturated carbocycles. The topological polar surface area (TPSA) is 72.6 Å². The zero-order valence-corrected chi connectivity index (χ0v) is 9.35. The molecule has 0 bridgehead atoms. The van der Waals surface area contributed by atoms with Gasteiger partial charge < -0.3 is 15.6 Å². The summed E-state index contributed by atoms with van der Waals surface area (Å²) in [7, 11) is 0. The van der Waals surface area contributed by atoms with Crippen molar-refractivity contribution in [1.29, 1.82) is 0 Å². The second kappa shape index (κ2) is 6.12. The Balaban J connectivity index is 2.42. The Bertz CT molecular complexity index is 333. The summed E-state index contributed by atoms with van der Waals surface area (Å²) in [6, 6.07) is 7.43. The smallest absolute Gasteiger partial charge is 0.220 e. The third-order valence-corrected chi connectivity index (χ3v) is 2.07. The minimum absolute atomic E-state index is 0.218. The third-order valence-electron chi connectivity index (χ3n) is 2.07. The van der Waals surface area contributed by atoms with Crippen LogP contribution in [0.1, 0.15) is 18.9 Å². The van der Waals surface area contributed by atoms with Crippen LogP contribution in [0.2, 0.25) is 0 Å². The highest BCUT2D eigenvalue weighted by Crippen LogP contribution is 2.13. The van der Waals surface area contributed by atoms with Gasteiger partial charge in [-0.15, -0.1) is 0 Å². The van der Waals surface area contributed by atoms with Crippen LogP contribution in [0.3, 0.4) is 0 Å². The van der Waals surface area contributed by atoms with Crippen molar-refractivity contribution in [2.75, 3.05) is 6.61 Å². The SMILES string of the molecule is CC(O)Cc1ccc(OCCC(N)=O)cc1. The standard InChI is InChI=1S/C12H17NO3/c1-9(14)8-10-2-4-11(5-3-10)16-7-6-12(13)15/h2-5,9,14H,6-8H2,1H3,(H2,13,15). The number of carbonyl (C=O) groups is 1. The number of nitrogens with two attached hydrogens (primary N) is 1. The second-order valence-electron chi connectivity index (χ2n) is 3.76. The predicted octanol–water partition coefficient (Wildman–Crippen LogP) is 0.864. The molecule has 1 amide bonds. The molecule has 0 saturated heterocycles. The lowest BCUT2D eigenvalue weighted by Crippen LogP contribution is -2.14. The fourth-order valence-electron chi connectivity index (χ4n) is 1.33. The van der Waals surface area contributed by atoms with Crippen LogP contribution in [0.15, 0.2) is 24.3 Å². The van der Waals surface area contributed by atoms with Crippen LogP contribution >= 0.6 is 0 Å². The Morgan fingerprint density at radius 2 is 2.06 bits per heavy atom. The number of hydrogen-bond acceptors (Lipinski definition) is 3. The number of primary amides is 1. The van der Waals surface area contributed by atoms with Crippen molar-refractivity contribution >= 4 is 5.91 Å². The Labute approximate surface area is 95.0 Å². The molecule has 16 heavy (non-hydrogen) atoms. The largest absolute Gasteiger partial charge is 0.493 e. The molecule has 0 fully saturated rings. The lowest BCUT2D eigenvalue weighted by molar-refractivity contribution is -0.118. The maximum atomic E-state index is 10.5. The summed E-state index contributed by atoms with van der Waals surface area (Å²) in [5.74, 6) is 0.335. The van der Waals surface area contributed by atoms with E-state index >= 15 is 0 Å². The predicted molar refractivity (Wildman–Crippen MR) is 61.1 cm³/mol. The van der Waals surface area contributed by atoms with Gasteiger partial charge in [0.25, 0.3) is 0 Å². The van der Waals surface area contributed by atoms with Gasteiger partial charge in [-0.1, -0.05) is 12.1 Å². The lowest BCUT2D eigenvalue weighted by atomic mass is 10.1. The minimum Gasteiger partial charge on any atom is -0.493 e. The highest BCUT2D eigenvalue weighted by atomic mass is 16.5. The summed E-state index contributed by atoms with van der Waals surface area (Å²) in [4.78, 5) is 10.5. The van der Waals surface area contributed by atoms with E-state index in [9.17, 15) is 9.90 Å². The fourth-order valence-corrected chi connectivity index (χ4v) is 1.33. The van der Waals surface area contributed by atoms with Gasteiger partial charge in [-0.2, -0.15) is 0 Å². The first-order valence-electron chi connectivity index (χ1n) is 5.26. The van der Waals surface area contributed by atoms with E-state index in [2.05, 4.69) is 0 Å². The molecule has 1 unspecified atom stereocenters. The molecular weight excluding hydrogens is 206 g/mol. The van der Waals surface area contributed by atoms with Crippen LogP contribution in [-0.2, 0) is 11.2 Å². The molecule has 1 aromatic rings. The maximum absolute atomic E-state index is 10.5. The fraction of sp³-hybridized carbons (Fsp3) is 0.417. The van der Waals surface area contributed by atoms with E-state index in [1.54, 1.807) is 6.92 Å². The number of aliphatic hydroxyl groups is 1. The molecule has 0 aliphatic rings. The summed E-state index contributed by atoms with van der Waals surface area (Å²) < 4.78 is 5.31. The molecule has 0 heterocycles. The van der Waals surface area contributed by atoms with Crippen molar-refractivity contribution in [2.45, 2.75) is 25.9 Å². The zero-order chi connectivity index (χ0) is 12.0. The van der Waals surface area contributed by atoms with Gasteiger partial charge in [-0.25, -0.2) is 0 Å². The van der Waals surface area contributed by atoms with Crippen LogP contribution in [0, 0.1) is 0 Å². The average molecular weight is 223 g/mol. The molecule has 1 atom stereocenters. The van der Waals surface area contributed by atoms with Crippen LogP contribution in [0.25, 0.3) is 0 Å². The van der Waals surface area contributed by atoms with Crippen LogP contribution in [0.4, 0.5) is 0 Å². The molecule has 4 nitrogen and oxygen atoms in total. The first-order valence-corrected chi connectivity index (χ1v) is 5.26. The number of hydrogen-bond donors (Lipinski definition) is 2. The van der Waals surface area contributed by atoms with E-state index in [0.717, 1.165) is 5.56 Å². The molecular formula is C12H17NO3. The zero-order valence-electron chi connectivity index (χ0n) is 9.35. The van der Waals surface area contributed by atoms with Gasteiger partial charge in [0.15, 0.2) is 0 Å². The number of rotatable bonds is 6. The van der Waals surface area contributed by atoms with Gasteiger partial charge in [-0.3, -0.25) is 4.79 Å². The number of amides is 1. The maximum Gasteiger partial charge on any atom is 0.220 e. The monoisotopic (exact) mass is 223 g/mol. The summed E-state index contributed by atoms with van der Waals surface area (Å²) in [6.07, 6.45) is 0.499. The molecule has 1 aromatic carbocycles. The first kappa shape index (κ1) is 12.5. The van der Waals surface area contributed by atoms with Crippen LogP contribution < -0.4 is 10.5 Å². The summed E-state index contributed by atoms with van der Waals surface area (Å²) in [5, 5.41) is 9.19. The third kappa shape index (κ3) is 4.79. The molecule has 3 N–H and O–H groups in total. The molecule has 0 aliphatic carbocycles. The van der Waals surface area contributed by atoms with Crippen molar-refractivity contribution in [3.05, 3.63) is 29.8 Å². The second-order valence-corrected chi connectivity index (χ2v) is 3.76. The Morgan fingerprint density at radius 3 is 2.56 bits per heavy atom. The summed E-state index contributed by atoms with van der Waals surface area (Å²) >= 11 is 0. The highest BCUT2D eigenvalue weighted by Gasteiger charge is 2.00. The van der Waals surface area contributed by atoms with Gasteiger partial charge in [-0.05, 0) is 31.0 Å². The number of ether oxygens (including phenoxy) is 1. The van der Waals surface area contributed by atoms with E-state index in [1.165, 1.54) is 0 Å². The van der Waals surface area contributed by atoms with Crippen LogP contribution in [0.5, 0.6) is 5.75 Å². The normalized spacial score (nSPS) is 12.1. The lowest BCUT2D eigenvalue weighted by Gasteiger charge is -2.07. The Hall–Kier alpha value is -1.55. The van der Waals surface area contributed by atoms with Gasteiger partial charge >= 0.3 is 0 Å². The number of benzene rings is 1. The van der Waals surface area contributed by atoms with Crippen molar-refractivity contribution in [1.82, 2.24) is 0 Å². The molecule has 0 aliphatic heterocycles. The Kier molecular flexibility index (Phi) is 4.79. The van der Waals surface area contributed by atoms with Crippen LogP contribution in [-0.4, -0.2) is 23.7 Å². The number of aliphatic hydroxyl groups excluding tert-OH is 1. The van der Waals surface area contributed by atoms with E-state index in [-0.39, 0.29) is 18.4 Å². The first-order chi connectivity index (χ1) is 7.58. The molecule has 88 valence electrons. The van der Waals surface area contributed by atoms with E-state index < -0.39 is 0 Å². The summed E-state index contributed by atoms with van der Waals surface area (Å²) in [6.45, 7) is 2.04. The molecule has 0 radical (unpaired) electrons. The van der Waals surface area contributed by atoms with Crippen molar-refractivity contribution in [2.24, 2.45) is 5.73 Å². The van der Waals surface area contributed by atoms with Gasteiger partial charge in [0.1, 0.15) is 5.75 Å². The van der Waals surface area contributed by atoms with E-state index in [0.29, 0.717) is 18.8 Å². The minimum atomic E-state index is -0.370. The molecule has 0 aromatic heterocycles. The number of carbonyl (C=O) groups excluding carboxylic acids is 1. The van der Waals surface area contributed by atoms with Gasteiger partial charge in [0.05, 0.1) is 19.1 Å². The quantitative estimate of drug-likeness (QED) is 0.751. The van der Waals surface area contributed by atoms with E-state index in [4.69, 9.17) is 10.5 Å². The molecule has 4 heteroatoms. The van der Waals surface area contributed by atoms with Gasteiger partial charge in [0.2, 0.25) is 5.91 Å². The highest BCUT2D eigenvalue weighted by molar-refractivity contribution is 5.73.